The van der Waals surface area contributed by atoms with Gasteiger partial charge in [0, 0.05) is 32.4 Å². The van der Waals surface area contributed by atoms with Crippen molar-refractivity contribution in [2.75, 3.05) is 24.5 Å². The van der Waals surface area contributed by atoms with E-state index in [1.165, 1.54) is 11.1 Å². The lowest BCUT2D eigenvalue weighted by Gasteiger charge is -2.40. The molecule has 2 amide bonds. The molecule has 156 valence electrons. The molecule has 11 heteroatoms. The number of amides is 2. The van der Waals surface area contributed by atoms with E-state index in [-0.39, 0.29) is 45.4 Å². The summed E-state index contributed by atoms with van der Waals surface area (Å²) >= 11 is 0. The molecule has 5 nitrogen and oxygen atoms in total. The van der Waals surface area contributed by atoms with Gasteiger partial charge in [0.1, 0.15) is 5.82 Å². The van der Waals surface area contributed by atoms with Gasteiger partial charge in [0.25, 0.3) is 0 Å². The molecule has 1 aromatic heterocycles. The van der Waals surface area contributed by atoms with Crippen LogP contribution in [-0.2, 0) is 6.54 Å². The number of nitrogens with zero attached hydrogens (tertiary/aromatic N) is 2. The summed E-state index contributed by atoms with van der Waals surface area (Å²) in [6, 6.07) is 2.58. The van der Waals surface area contributed by atoms with Crippen molar-refractivity contribution in [2.24, 2.45) is 11.3 Å². The van der Waals surface area contributed by atoms with Gasteiger partial charge in [-0.2, -0.15) is 26.3 Å². The number of hydrogen-bond donors (Lipinski definition) is 2. The van der Waals surface area contributed by atoms with Gasteiger partial charge in [-0.1, -0.05) is 0 Å². The highest BCUT2D eigenvalue weighted by molar-refractivity contribution is 5.73. The van der Waals surface area contributed by atoms with E-state index in [4.69, 9.17) is 0 Å². The summed E-state index contributed by atoms with van der Waals surface area (Å²) in [4.78, 5) is 17.3. The molecule has 2 fully saturated rings. The summed E-state index contributed by atoms with van der Waals surface area (Å²) in [5.74, 6) is -0.977. The molecule has 1 aromatic rings. The van der Waals surface area contributed by atoms with Crippen molar-refractivity contribution in [1.82, 2.24) is 15.6 Å². The number of hydrogen-bond acceptors (Lipinski definition) is 3. The van der Waals surface area contributed by atoms with E-state index in [1.807, 2.05) is 0 Å². The lowest BCUT2D eigenvalue weighted by Crippen LogP contribution is -2.53. The van der Waals surface area contributed by atoms with E-state index in [0.29, 0.717) is 11.4 Å². The van der Waals surface area contributed by atoms with Crippen molar-refractivity contribution in [2.45, 2.75) is 38.2 Å². The number of carbonyl (C=O) groups is 1. The van der Waals surface area contributed by atoms with Crippen LogP contribution in [0, 0.1) is 11.3 Å². The van der Waals surface area contributed by atoms with E-state index < -0.39 is 29.7 Å². The molecule has 0 aromatic carbocycles. The highest BCUT2D eigenvalue weighted by Gasteiger charge is 2.62. The molecule has 0 atom stereocenters. The van der Waals surface area contributed by atoms with E-state index in [2.05, 4.69) is 15.6 Å². The largest absolute Gasteiger partial charge is 0.395 e. The fourth-order valence-corrected chi connectivity index (χ4v) is 3.10. The van der Waals surface area contributed by atoms with Gasteiger partial charge in [-0.15, -0.1) is 0 Å². The zero-order valence-electron chi connectivity index (χ0n) is 14.8. The van der Waals surface area contributed by atoms with Crippen LogP contribution < -0.4 is 15.5 Å². The van der Waals surface area contributed by atoms with E-state index >= 15 is 0 Å². The Bertz CT molecular complexity index is 710. The Morgan fingerprint density at radius 2 is 1.86 bits per heavy atom. The maximum atomic E-state index is 12.8. The minimum Gasteiger partial charge on any atom is -0.355 e. The zero-order chi connectivity index (χ0) is 20.6. The second-order valence-corrected chi connectivity index (χ2v) is 7.30. The molecule has 28 heavy (non-hydrogen) atoms. The first-order valence-electron chi connectivity index (χ1n) is 8.85. The molecule has 0 bridgehead atoms. The number of aromatic nitrogens is 1. The molecule has 0 unspecified atom stereocenters. The Morgan fingerprint density at radius 3 is 2.43 bits per heavy atom. The summed E-state index contributed by atoms with van der Waals surface area (Å²) in [6.45, 7) is -0.314. The van der Waals surface area contributed by atoms with Gasteiger partial charge in [0.2, 0.25) is 0 Å². The van der Waals surface area contributed by atoms with Crippen LogP contribution in [0.3, 0.4) is 0 Å². The summed E-state index contributed by atoms with van der Waals surface area (Å²) in [7, 11) is 0. The first-order chi connectivity index (χ1) is 13.0. The Labute approximate surface area is 157 Å². The minimum atomic E-state index is -4.25. The number of anilines is 1. The highest BCUT2D eigenvalue weighted by atomic mass is 19.4. The average Bonchev–Trinajstić information content (AvgIpc) is 3.31. The van der Waals surface area contributed by atoms with Crippen LogP contribution >= 0.6 is 0 Å². The Morgan fingerprint density at radius 1 is 1.18 bits per heavy atom. The van der Waals surface area contributed by atoms with Gasteiger partial charge in [-0.3, -0.25) is 0 Å². The van der Waals surface area contributed by atoms with Gasteiger partial charge < -0.3 is 15.5 Å². The maximum absolute atomic E-state index is 12.8. The first-order valence-corrected chi connectivity index (χ1v) is 8.85. The van der Waals surface area contributed by atoms with Crippen LogP contribution in [0.25, 0.3) is 0 Å². The number of carbonyl (C=O) groups excluding carboxylic acids is 1. The van der Waals surface area contributed by atoms with Crippen LogP contribution in [0.1, 0.15) is 24.8 Å². The molecule has 2 N–H and O–H groups in total. The van der Waals surface area contributed by atoms with Gasteiger partial charge >= 0.3 is 18.4 Å². The molecule has 1 saturated heterocycles. The molecule has 0 radical (unpaired) electrons. The van der Waals surface area contributed by atoms with Gasteiger partial charge in [-0.05, 0) is 37.0 Å². The normalized spacial score (nSPS) is 19.1. The van der Waals surface area contributed by atoms with E-state index in [0.717, 1.165) is 0 Å². The lowest BCUT2D eigenvalue weighted by molar-refractivity contribution is -0.188. The fourth-order valence-electron chi connectivity index (χ4n) is 3.10. The number of pyridine rings is 1. The molecule has 1 saturated carbocycles. The molecule has 2 aliphatic rings. The second kappa shape index (κ2) is 7.32. The number of alkyl halides is 6. The van der Waals surface area contributed by atoms with Crippen LogP contribution in [0.15, 0.2) is 18.3 Å². The highest BCUT2D eigenvalue weighted by Crippen LogP contribution is 2.59. The van der Waals surface area contributed by atoms with Crippen molar-refractivity contribution in [3.05, 3.63) is 23.9 Å². The van der Waals surface area contributed by atoms with Crippen molar-refractivity contribution in [3.8, 4) is 0 Å². The predicted octanol–water partition coefficient (Wildman–Crippen LogP) is 3.61. The van der Waals surface area contributed by atoms with Crippen molar-refractivity contribution in [3.63, 3.8) is 0 Å². The topological polar surface area (TPSA) is 57.3 Å². The van der Waals surface area contributed by atoms with Gasteiger partial charge in [-0.25, -0.2) is 9.78 Å². The van der Waals surface area contributed by atoms with E-state index in [1.54, 1.807) is 12.1 Å². The van der Waals surface area contributed by atoms with Crippen LogP contribution in [0.4, 0.5) is 37.0 Å². The number of urea groups is 1. The molecule has 2 heterocycles. The summed E-state index contributed by atoms with van der Waals surface area (Å²) in [6.07, 6.45) is -7.01. The Kier molecular flexibility index (Phi) is 5.37. The summed E-state index contributed by atoms with van der Waals surface area (Å²) in [5.41, 5.74) is -1.03. The minimum absolute atomic E-state index is 0.0838. The maximum Gasteiger partial charge on any atom is 0.395 e. The summed E-state index contributed by atoms with van der Waals surface area (Å²) in [5, 5.41) is 4.92. The molecular weight excluding hydrogens is 390 g/mol. The monoisotopic (exact) mass is 410 g/mol. The SMILES string of the molecule is O=C(NCCC1(C(F)(F)F)CC1)NCc1ccnc(N2CC(C(F)(F)F)C2)c1. The van der Waals surface area contributed by atoms with E-state index in [9.17, 15) is 31.1 Å². The molecular formula is C17H20F6N4O. The number of halogens is 6. The van der Waals surface area contributed by atoms with Crippen molar-refractivity contribution in [1.29, 1.82) is 0 Å². The molecule has 3 rings (SSSR count). The third-order valence-electron chi connectivity index (χ3n) is 5.28. The quantitative estimate of drug-likeness (QED) is 0.705. The van der Waals surface area contributed by atoms with Gasteiger partial charge in [0.05, 0.1) is 11.3 Å². The standard InChI is InChI=1S/C17H20F6N4O/c18-16(19,20)12-9-27(10-12)13-7-11(1-5-24-13)8-26-14(28)25-6-4-15(2-3-15)17(21,22)23/h1,5,7,12H,2-4,6,8-10H2,(H2,25,26,28). The van der Waals surface area contributed by atoms with Crippen LogP contribution in [0.5, 0.6) is 0 Å². The smallest absolute Gasteiger partial charge is 0.355 e. The van der Waals surface area contributed by atoms with Crippen LogP contribution in [0.2, 0.25) is 0 Å². The fraction of sp³-hybridized carbons (Fsp3) is 0.647. The number of nitrogens with one attached hydrogen (secondary N) is 2. The average molecular weight is 410 g/mol. The first kappa shape index (κ1) is 20.5. The van der Waals surface area contributed by atoms with Crippen molar-refractivity contribution < 1.29 is 31.1 Å². The van der Waals surface area contributed by atoms with Crippen LogP contribution in [-0.4, -0.2) is 43.0 Å². The van der Waals surface area contributed by atoms with Crippen molar-refractivity contribution >= 4 is 11.8 Å². The number of rotatable bonds is 6. The molecule has 1 aliphatic carbocycles. The lowest BCUT2D eigenvalue weighted by atomic mass is 9.99. The molecule has 0 spiro atoms. The second-order valence-electron chi connectivity index (χ2n) is 7.30. The predicted molar refractivity (Wildman–Crippen MR) is 88.6 cm³/mol. The third-order valence-corrected chi connectivity index (χ3v) is 5.28. The Balaban J connectivity index is 1.41. The zero-order valence-corrected chi connectivity index (χ0v) is 14.8. The Hall–Kier alpha value is -2.20. The third kappa shape index (κ3) is 4.61. The van der Waals surface area contributed by atoms with Gasteiger partial charge in [0.15, 0.2) is 0 Å². The summed E-state index contributed by atoms with van der Waals surface area (Å²) < 4.78 is 76.1. The molecule has 1 aliphatic heterocycles.